The molecule has 0 fully saturated rings. The lowest BCUT2D eigenvalue weighted by Crippen LogP contribution is -2.27. The van der Waals surface area contributed by atoms with Gasteiger partial charge in [0.1, 0.15) is 0 Å². The molecule has 1 aliphatic carbocycles. The zero-order valence-corrected chi connectivity index (χ0v) is 15.0. The van der Waals surface area contributed by atoms with Gasteiger partial charge >= 0.3 is 0 Å². The van der Waals surface area contributed by atoms with Crippen molar-refractivity contribution in [2.75, 3.05) is 0 Å². The lowest BCUT2D eigenvalue weighted by atomic mass is 9.68. The van der Waals surface area contributed by atoms with E-state index in [2.05, 4.69) is 88.4 Å². The lowest BCUT2D eigenvalue weighted by molar-refractivity contribution is 0.610. The summed E-state index contributed by atoms with van der Waals surface area (Å²) in [5.41, 5.74) is 11.4. The van der Waals surface area contributed by atoms with Crippen molar-refractivity contribution in [3.8, 4) is 11.1 Å². The topological polar surface area (TPSA) is 0 Å². The smallest absolute Gasteiger partial charge is 0.0152 e. The quantitative estimate of drug-likeness (QED) is 0.502. The van der Waals surface area contributed by atoms with Gasteiger partial charge in [-0.05, 0) is 70.8 Å². The molecular formula is C24H24. The Kier molecular flexibility index (Phi) is 3.38. The van der Waals surface area contributed by atoms with Crippen molar-refractivity contribution in [3.63, 3.8) is 0 Å². The molecule has 0 amide bonds. The highest BCUT2D eigenvalue weighted by molar-refractivity contribution is 5.73. The predicted octanol–water partition coefficient (Wildman–Crippen LogP) is 6.20. The summed E-state index contributed by atoms with van der Waals surface area (Å²) in [7, 11) is 0. The molecule has 3 aromatic rings. The molecule has 1 aliphatic rings. The fourth-order valence-corrected chi connectivity index (χ4v) is 4.30. The van der Waals surface area contributed by atoms with Crippen LogP contribution in [0.1, 0.15) is 47.2 Å². The number of hydrogen-bond donors (Lipinski definition) is 0. The predicted molar refractivity (Wildman–Crippen MR) is 103 cm³/mol. The molecule has 0 heterocycles. The van der Waals surface area contributed by atoms with Crippen LogP contribution in [0.4, 0.5) is 0 Å². The number of fused-ring (bicyclic) bond motifs is 2. The van der Waals surface area contributed by atoms with Crippen molar-refractivity contribution >= 4 is 0 Å². The normalized spacial score (nSPS) is 14.8. The molecule has 0 atom stereocenters. The van der Waals surface area contributed by atoms with Gasteiger partial charge < -0.3 is 0 Å². The number of rotatable bonds is 1. The number of hydrogen-bond acceptors (Lipinski definition) is 0. The molecule has 24 heavy (non-hydrogen) atoms. The molecular weight excluding hydrogens is 288 g/mol. The van der Waals surface area contributed by atoms with Gasteiger partial charge in [-0.3, -0.25) is 0 Å². The molecule has 0 N–H and O–H groups in total. The van der Waals surface area contributed by atoms with E-state index >= 15 is 0 Å². The first-order valence-corrected chi connectivity index (χ1v) is 8.77. The molecule has 3 aromatic carbocycles. The average molecular weight is 312 g/mol. The third kappa shape index (κ3) is 2.21. The van der Waals surface area contributed by atoms with Crippen LogP contribution in [-0.4, -0.2) is 0 Å². The van der Waals surface area contributed by atoms with Gasteiger partial charge in [-0.2, -0.15) is 0 Å². The summed E-state index contributed by atoms with van der Waals surface area (Å²) in [5, 5.41) is 0. The van der Waals surface area contributed by atoms with E-state index in [1.165, 1.54) is 44.5 Å². The summed E-state index contributed by atoms with van der Waals surface area (Å²) >= 11 is 0. The maximum Gasteiger partial charge on any atom is 0.0152 e. The fourth-order valence-electron chi connectivity index (χ4n) is 4.30. The summed E-state index contributed by atoms with van der Waals surface area (Å²) in [6, 6.07) is 22.5. The largest absolute Gasteiger partial charge is 0.0620 e. The molecule has 0 nitrogen and oxygen atoms in total. The van der Waals surface area contributed by atoms with Crippen molar-refractivity contribution < 1.29 is 0 Å². The second-order valence-corrected chi connectivity index (χ2v) is 7.60. The Morgan fingerprint density at radius 3 is 2.17 bits per heavy atom. The van der Waals surface area contributed by atoms with E-state index in [4.69, 9.17) is 0 Å². The van der Waals surface area contributed by atoms with Gasteiger partial charge in [0.15, 0.2) is 0 Å². The van der Waals surface area contributed by atoms with Gasteiger partial charge in [-0.15, -0.1) is 0 Å². The molecule has 0 aliphatic heterocycles. The summed E-state index contributed by atoms with van der Waals surface area (Å²) < 4.78 is 0. The van der Waals surface area contributed by atoms with Crippen molar-refractivity contribution in [2.24, 2.45) is 0 Å². The number of aryl methyl sites for hydroxylation is 2. The molecule has 0 saturated carbocycles. The van der Waals surface area contributed by atoms with E-state index in [1.807, 2.05) is 0 Å². The Morgan fingerprint density at radius 1 is 0.667 bits per heavy atom. The monoisotopic (exact) mass is 312 g/mol. The minimum absolute atomic E-state index is 0.0509. The van der Waals surface area contributed by atoms with Crippen LogP contribution in [-0.2, 0) is 11.8 Å². The van der Waals surface area contributed by atoms with E-state index < -0.39 is 0 Å². The molecule has 0 unspecified atom stereocenters. The first-order chi connectivity index (χ1) is 11.5. The van der Waals surface area contributed by atoms with Gasteiger partial charge in [-0.1, -0.05) is 68.4 Å². The summed E-state index contributed by atoms with van der Waals surface area (Å²) in [5.74, 6) is 0. The van der Waals surface area contributed by atoms with Gasteiger partial charge in [0.2, 0.25) is 0 Å². The lowest BCUT2D eigenvalue weighted by Gasteiger charge is -2.36. The Balaban J connectivity index is 1.95. The number of benzene rings is 3. The van der Waals surface area contributed by atoms with Gasteiger partial charge in [0.25, 0.3) is 0 Å². The third-order valence-electron chi connectivity index (χ3n) is 5.63. The Hall–Kier alpha value is -2.34. The Morgan fingerprint density at radius 2 is 1.38 bits per heavy atom. The molecule has 0 heteroatoms. The summed E-state index contributed by atoms with van der Waals surface area (Å²) in [4.78, 5) is 0. The van der Waals surface area contributed by atoms with Crippen molar-refractivity contribution in [1.29, 1.82) is 0 Å². The average Bonchev–Trinajstić information content (AvgIpc) is 2.55. The minimum Gasteiger partial charge on any atom is -0.0620 e. The first-order valence-electron chi connectivity index (χ1n) is 8.77. The minimum atomic E-state index is 0.0509. The van der Waals surface area contributed by atoms with Gasteiger partial charge in [0, 0.05) is 5.41 Å². The van der Waals surface area contributed by atoms with Crippen molar-refractivity contribution in [2.45, 2.75) is 39.5 Å². The SMILES string of the molecule is Cc1ccccc1-c1cc2c(cc1C)Cc1ccccc1C2(C)C. The fraction of sp³-hybridized carbons (Fsp3) is 0.250. The van der Waals surface area contributed by atoms with Crippen LogP contribution in [0.3, 0.4) is 0 Å². The Bertz CT molecular complexity index is 929. The molecule has 4 rings (SSSR count). The van der Waals surface area contributed by atoms with Crippen molar-refractivity contribution in [1.82, 2.24) is 0 Å². The van der Waals surface area contributed by atoms with E-state index in [-0.39, 0.29) is 5.41 Å². The highest BCUT2D eigenvalue weighted by Gasteiger charge is 2.32. The standard InChI is InChI=1S/C24H24/c1-16-9-5-7-11-20(16)21-15-23-19(13-17(21)2)14-18-10-6-8-12-22(18)24(23,3)4/h5-13,15H,14H2,1-4H3. The zero-order valence-electron chi connectivity index (χ0n) is 15.0. The van der Waals surface area contributed by atoms with Crippen LogP contribution < -0.4 is 0 Å². The van der Waals surface area contributed by atoms with Crippen LogP contribution in [0.2, 0.25) is 0 Å². The summed E-state index contributed by atoms with van der Waals surface area (Å²) in [6.07, 6.45) is 1.05. The van der Waals surface area contributed by atoms with Gasteiger partial charge in [0.05, 0.1) is 0 Å². The van der Waals surface area contributed by atoms with Crippen LogP contribution in [0, 0.1) is 13.8 Å². The highest BCUT2D eigenvalue weighted by atomic mass is 14.4. The van der Waals surface area contributed by atoms with Crippen molar-refractivity contribution in [3.05, 3.63) is 94.0 Å². The van der Waals surface area contributed by atoms with E-state index in [0.29, 0.717) is 0 Å². The van der Waals surface area contributed by atoms with Crippen LogP contribution in [0.5, 0.6) is 0 Å². The van der Waals surface area contributed by atoms with E-state index in [0.717, 1.165) is 6.42 Å². The second-order valence-electron chi connectivity index (χ2n) is 7.60. The van der Waals surface area contributed by atoms with Crippen LogP contribution >= 0.6 is 0 Å². The maximum atomic E-state index is 2.45. The van der Waals surface area contributed by atoms with E-state index in [1.54, 1.807) is 0 Å². The second kappa shape index (κ2) is 5.34. The summed E-state index contributed by atoms with van der Waals surface area (Å²) in [6.45, 7) is 9.17. The third-order valence-corrected chi connectivity index (χ3v) is 5.63. The molecule has 0 radical (unpaired) electrons. The van der Waals surface area contributed by atoms with Gasteiger partial charge in [-0.25, -0.2) is 0 Å². The molecule has 0 spiro atoms. The molecule has 120 valence electrons. The van der Waals surface area contributed by atoms with Crippen LogP contribution in [0.25, 0.3) is 11.1 Å². The molecule has 0 bridgehead atoms. The molecule has 0 saturated heterocycles. The zero-order chi connectivity index (χ0) is 16.9. The van der Waals surface area contributed by atoms with Crippen LogP contribution in [0.15, 0.2) is 60.7 Å². The molecule has 0 aromatic heterocycles. The first kappa shape index (κ1) is 15.2. The Labute approximate surface area is 145 Å². The maximum absolute atomic E-state index is 2.45. The highest BCUT2D eigenvalue weighted by Crippen LogP contribution is 2.43. The van der Waals surface area contributed by atoms with E-state index in [9.17, 15) is 0 Å².